The number of amides is 1. The third kappa shape index (κ3) is 3.43. The summed E-state index contributed by atoms with van der Waals surface area (Å²) in [4.78, 5) is 21.8. The first kappa shape index (κ1) is 17.2. The quantitative estimate of drug-likeness (QED) is 0.517. The molecule has 126 valence electrons. The molecule has 1 aromatic heterocycles. The highest BCUT2D eigenvalue weighted by Crippen LogP contribution is 2.31. The summed E-state index contributed by atoms with van der Waals surface area (Å²) in [6.07, 6.45) is 1.51. The number of carbonyl (C=O) groups excluding carboxylic acids is 1. The van der Waals surface area contributed by atoms with E-state index in [-0.39, 0.29) is 11.6 Å². The Balaban J connectivity index is 2.54. The molecule has 0 saturated carbocycles. The summed E-state index contributed by atoms with van der Waals surface area (Å²) in [5, 5.41) is 15.2. The largest absolute Gasteiger partial charge is 0.496 e. The minimum Gasteiger partial charge on any atom is -0.496 e. The fourth-order valence-electron chi connectivity index (χ4n) is 2.45. The number of aromatic nitrogens is 1. The van der Waals surface area contributed by atoms with Crippen molar-refractivity contribution >= 4 is 17.8 Å². The maximum absolute atomic E-state index is 11.4. The Morgan fingerprint density at radius 2 is 2.08 bits per heavy atom. The highest BCUT2D eigenvalue weighted by molar-refractivity contribution is 5.84. The molecule has 0 spiro atoms. The number of methoxy groups -OCH3 is 1. The molecule has 8 heteroatoms. The molecule has 0 saturated heterocycles. The lowest BCUT2D eigenvalue weighted by atomic mass is 10.2. The first-order valence-corrected chi connectivity index (χ1v) is 7.16. The predicted molar refractivity (Wildman–Crippen MR) is 89.9 cm³/mol. The number of nitrogens with one attached hydrogen (secondary N) is 1. The molecule has 1 N–H and O–H groups in total. The van der Waals surface area contributed by atoms with Gasteiger partial charge < -0.3 is 9.30 Å². The number of hydrogen-bond donors (Lipinski definition) is 1. The van der Waals surface area contributed by atoms with Gasteiger partial charge in [-0.25, -0.2) is 5.43 Å². The molecule has 0 aliphatic carbocycles. The van der Waals surface area contributed by atoms with Gasteiger partial charge >= 0.3 is 0 Å². The Morgan fingerprint density at radius 3 is 2.67 bits per heavy atom. The number of nitro groups is 1. The number of ether oxygens (including phenoxy) is 1. The van der Waals surface area contributed by atoms with E-state index in [0.29, 0.717) is 11.4 Å². The van der Waals surface area contributed by atoms with E-state index < -0.39 is 4.92 Å². The number of nitro benzene ring substituents is 1. The molecule has 2 aromatic rings. The van der Waals surface area contributed by atoms with Crippen LogP contribution in [0, 0.1) is 24.0 Å². The fourth-order valence-corrected chi connectivity index (χ4v) is 2.45. The van der Waals surface area contributed by atoms with Crippen molar-refractivity contribution < 1.29 is 14.5 Å². The maximum atomic E-state index is 11.4. The Bertz CT molecular complexity index is 824. The van der Waals surface area contributed by atoms with Gasteiger partial charge in [0.2, 0.25) is 5.91 Å². The summed E-state index contributed by atoms with van der Waals surface area (Å²) < 4.78 is 6.83. The standard InChI is InChI=1S/C16H18N4O4/c1-10-7-13(9-17-18-12(3)21)11(2)19(10)15-6-5-14(24-4)8-16(15)20(22)23/h5-9H,1-4H3,(H,18,21)/b17-9-. The minimum absolute atomic E-state index is 0.0542. The van der Waals surface area contributed by atoms with Crippen molar-refractivity contribution in [2.75, 3.05) is 7.11 Å². The monoisotopic (exact) mass is 330 g/mol. The van der Waals surface area contributed by atoms with Crippen molar-refractivity contribution in [3.63, 3.8) is 0 Å². The van der Waals surface area contributed by atoms with Gasteiger partial charge in [0.15, 0.2) is 0 Å². The SMILES string of the molecule is COc1ccc(-n2c(C)cc(/C=N\NC(C)=O)c2C)c([N+](=O)[O-])c1. The van der Waals surface area contributed by atoms with Gasteiger partial charge in [-0.15, -0.1) is 0 Å². The van der Waals surface area contributed by atoms with Crippen LogP contribution in [0.5, 0.6) is 5.75 Å². The number of hydrazone groups is 1. The van der Waals surface area contributed by atoms with Crippen molar-refractivity contribution in [2.45, 2.75) is 20.8 Å². The van der Waals surface area contributed by atoms with Crippen LogP contribution in [0.3, 0.4) is 0 Å². The Kier molecular flexibility index (Phi) is 4.98. The number of rotatable bonds is 5. The van der Waals surface area contributed by atoms with E-state index in [1.54, 1.807) is 16.7 Å². The summed E-state index contributed by atoms with van der Waals surface area (Å²) in [6, 6.07) is 6.55. The molecular weight excluding hydrogens is 312 g/mol. The Hall–Kier alpha value is -3.16. The highest BCUT2D eigenvalue weighted by atomic mass is 16.6. The van der Waals surface area contributed by atoms with Crippen molar-refractivity contribution in [2.24, 2.45) is 5.10 Å². The Morgan fingerprint density at radius 1 is 1.38 bits per heavy atom. The molecule has 1 heterocycles. The van der Waals surface area contributed by atoms with Crippen LogP contribution in [0.1, 0.15) is 23.9 Å². The molecule has 0 unspecified atom stereocenters. The summed E-state index contributed by atoms with van der Waals surface area (Å²) in [6.45, 7) is 5.04. The zero-order valence-corrected chi connectivity index (χ0v) is 13.9. The molecule has 2 rings (SSSR count). The number of nitrogens with zero attached hydrogens (tertiary/aromatic N) is 3. The van der Waals surface area contributed by atoms with Gasteiger partial charge in [0.25, 0.3) is 5.69 Å². The van der Waals surface area contributed by atoms with Crippen molar-refractivity contribution in [3.8, 4) is 11.4 Å². The maximum Gasteiger partial charge on any atom is 0.296 e. The minimum atomic E-state index is -0.443. The molecule has 1 amide bonds. The van der Waals surface area contributed by atoms with Gasteiger partial charge in [-0.05, 0) is 32.0 Å². The third-order valence-electron chi connectivity index (χ3n) is 3.52. The topological polar surface area (TPSA) is 98.8 Å². The molecule has 0 atom stereocenters. The van der Waals surface area contributed by atoms with Gasteiger partial charge in [-0.3, -0.25) is 14.9 Å². The van der Waals surface area contributed by atoms with E-state index in [9.17, 15) is 14.9 Å². The van der Waals surface area contributed by atoms with Gasteiger partial charge in [-0.2, -0.15) is 5.10 Å². The second-order valence-corrected chi connectivity index (χ2v) is 5.20. The van der Waals surface area contributed by atoms with Gasteiger partial charge in [0, 0.05) is 23.9 Å². The van der Waals surface area contributed by atoms with Crippen LogP contribution < -0.4 is 10.2 Å². The molecular formula is C16H18N4O4. The summed E-state index contributed by atoms with van der Waals surface area (Å²) >= 11 is 0. The van der Waals surface area contributed by atoms with E-state index in [2.05, 4.69) is 10.5 Å². The molecule has 0 bridgehead atoms. The van der Waals surface area contributed by atoms with Crippen LogP contribution in [-0.2, 0) is 4.79 Å². The number of hydrogen-bond acceptors (Lipinski definition) is 5. The third-order valence-corrected chi connectivity index (χ3v) is 3.52. The lowest BCUT2D eigenvalue weighted by molar-refractivity contribution is -0.384. The first-order chi connectivity index (χ1) is 11.3. The van der Waals surface area contributed by atoms with Crippen LogP contribution in [0.2, 0.25) is 0 Å². The van der Waals surface area contributed by atoms with Crippen molar-refractivity contribution in [1.82, 2.24) is 9.99 Å². The fraction of sp³-hybridized carbons (Fsp3) is 0.250. The Labute approximate surface area is 138 Å². The summed E-state index contributed by atoms with van der Waals surface area (Å²) in [5.41, 5.74) is 5.06. The molecule has 0 aliphatic rings. The lowest BCUT2D eigenvalue weighted by Crippen LogP contribution is -2.12. The van der Waals surface area contributed by atoms with Crippen LogP contribution >= 0.6 is 0 Å². The average molecular weight is 330 g/mol. The summed E-state index contributed by atoms with van der Waals surface area (Å²) in [7, 11) is 1.46. The van der Waals surface area contributed by atoms with E-state index in [4.69, 9.17) is 4.74 Å². The van der Waals surface area contributed by atoms with Gasteiger partial charge in [-0.1, -0.05) is 0 Å². The van der Waals surface area contributed by atoms with Crippen LogP contribution in [-0.4, -0.2) is 28.7 Å². The molecule has 8 nitrogen and oxygen atoms in total. The van der Waals surface area contributed by atoms with E-state index >= 15 is 0 Å². The number of carbonyl (C=O) groups is 1. The number of aryl methyl sites for hydroxylation is 1. The second-order valence-electron chi connectivity index (χ2n) is 5.20. The number of benzene rings is 1. The normalized spacial score (nSPS) is 10.8. The second kappa shape index (κ2) is 6.95. The zero-order chi connectivity index (χ0) is 17.9. The smallest absolute Gasteiger partial charge is 0.296 e. The van der Waals surface area contributed by atoms with Crippen molar-refractivity contribution in [1.29, 1.82) is 0 Å². The average Bonchev–Trinajstić information content (AvgIpc) is 2.80. The lowest BCUT2D eigenvalue weighted by Gasteiger charge is -2.11. The predicted octanol–water partition coefficient (Wildman–Crippen LogP) is 2.48. The highest BCUT2D eigenvalue weighted by Gasteiger charge is 2.20. The van der Waals surface area contributed by atoms with E-state index in [0.717, 1.165) is 17.0 Å². The molecule has 1 aromatic carbocycles. The van der Waals surface area contributed by atoms with Gasteiger partial charge in [0.05, 0.1) is 24.3 Å². The summed E-state index contributed by atoms with van der Waals surface area (Å²) in [5.74, 6) is 0.145. The van der Waals surface area contributed by atoms with Crippen LogP contribution in [0.25, 0.3) is 5.69 Å². The zero-order valence-electron chi connectivity index (χ0n) is 13.9. The molecule has 0 fully saturated rings. The van der Waals surface area contributed by atoms with E-state index in [1.165, 1.54) is 26.3 Å². The molecule has 24 heavy (non-hydrogen) atoms. The molecule has 0 aliphatic heterocycles. The first-order valence-electron chi connectivity index (χ1n) is 7.16. The van der Waals surface area contributed by atoms with Crippen molar-refractivity contribution in [3.05, 3.63) is 51.3 Å². The molecule has 0 radical (unpaired) electrons. The van der Waals surface area contributed by atoms with Crippen LogP contribution in [0.15, 0.2) is 29.4 Å². The van der Waals surface area contributed by atoms with Gasteiger partial charge in [0.1, 0.15) is 11.4 Å². The van der Waals surface area contributed by atoms with E-state index in [1.807, 2.05) is 19.9 Å². The van der Waals surface area contributed by atoms with Crippen LogP contribution in [0.4, 0.5) is 5.69 Å².